The molecule has 1 aliphatic heterocycles. The molecule has 0 spiro atoms. The van der Waals surface area contributed by atoms with Gasteiger partial charge in [-0.15, -0.1) is 0 Å². The van der Waals surface area contributed by atoms with E-state index in [1.807, 2.05) is 30.2 Å². The van der Waals surface area contributed by atoms with Crippen molar-refractivity contribution in [1.29, 1.82) is 0 Å². The lowest BCUT2D eigenvalue weighted by molar-refractivity contribution is 0.501. The zero-order valence-corrected chi connectivity index (χ0v) is 11.3. The number of rotatable bonds is 4. The van der Waals surface area contributed by atoms with Crippen LogP contribution in [0, 0.1) is 0 Å². The van der Waals surface area contributed by atoms with E-state index in [-0.39, 0.29) is 0 Å². The van der Waals surface area contributed by atoms with Gasteiger partial charge in [0, 0.05) is 37.2 Å². The molecule has 0 bridgehead atoms. The lowest BCUT2D eigenvalue weighted by atomic mass is 9.96. The van der Waals surface area contributed by atoms with Gasteiger partial charge in [0.2, 0.25) is 0 Å². The molecule has 2 heterocycles. The second kappa shape index (κ2) is 5.45. The fraction of sp³-hybridized carbons (Fsp3) is 0.400. The van der Waals surface area contributed by atoms with Gasteiger partial charge >= 0.3 is 0 Å². The molecule has 1 N–H and O–H groups in total. The molecule has 2 aromatic rings. The molecule has 0 radical (unpaired) electrons. The molecule has 0 amide bonds. The lowest BCUT2D eigenvalue weighted by Gasteiger charge is -2.35. The zero-order chi connectivity index (χ0) is 13.1. The van der Waals surface area contributed by atoms with Crippen molar-refractivity contribution in [3.8, 4) is 0 Å². The molecule has 1 aromatic heterocycles. The van der Waals surface area contributed by atoms with Crippen LogP contribution in [0.3, 0.4) is 0 Å². The molecule has 0 aliphatic carbocycles. The number of hydrogen-bond acceptors (Lipinski definition) is 3. The quantitative estimate of drug-likeness (QED) is 0.909. The van der Waals surface area contributed by atoms with E-state index in [4.69, 9.17) is 0 Å². The number of aromatic nitrogens is 2. The van der Waals surface area contributed by atoms with Gasteiger partial charge in [-0.25, -0.2) is 0 Å². The summed E-state index contributed by atoms with van der Waals surface area (Å²) in [5, 5.41) is 7.67. The number of anilines is 1. The van der Waals surface area contributed by atoms with Crippen molar-refractivity contribution in [2.45, 2.75) is 19.0 Å². The molecule has 0 saturated heterocycles. The third-order valence-corrected chi connectivity index (χ3v) is 3.85. The van der Waals surface area contributed by atoms with E-state index in [2.05, 4.69) is 39.6 Å². The van der Waals surface area contributed by atoms with Crippen molar-refractivity contribution < 1.29 is 0 Å². The van der Waals surface area contributed by atoms with Gasteiger partial charge in [-0.1, -0.05) is 18.2 Å². The Labute approximate surface area is 114 Å². The monoisotopic (exact) mass is 256 g/mol. The van der Waals surface area contributed by atoms with Gasteiger partial charge in [0.05, 0.1) is 6.54 Å². The molecule has 0 saturated carbocycles. The number of fused-ring (bicyclic) bond motifs is 1. The Morgan fingerprint density at radius 3 is 2.95 bits per heavy atom. The first-order valence-corrected chi connectivity index (χ1v) is 6.87. The number of benzene rings is 1. The summed E-state index contributed by atoms with van der Waals surface area (Å²) in [5.74, 6) is 0. The van der Waals surface area contributed by atoms with Crippen LogP contribution in [0.5, 0.6) is 0 Å². The largest absolute Gasteiger partial charge is 0.369 e. The number of hydrogen-bond donors (Lipinski definition) is 1. The van der Waals surface area contributed by atoms with Crippen LogP contribution in [0.2, 0.25) is 0 Å². The number of nitrogens with one attached hydrogen (secondary N) is 1. The molecule has 1 atom stereocenters. The van der Waals surface area contributed by atoms with Gasteiger partial charge < -0.3 is 10.2 Å². The summed E-state index contributed by atoms with van der Waals surface area (Å²) in [5.41, 5.74) is 2.77. The van der Waals surface area contributed by atoms with Gasteiger partial charge in [0.15, 0.2) is 0 Å². The van der Waals surface area contributed by atoms with Gasteiger partial charge in [0.1, 0.15) is 0 Å². The van der Waals surface area contributed by atoms with E-state index in [0.717, 1.165) is 26.1 Å². The SMILES string of the molecule is CNC1CCN(CCn2cccn2)c2ccccc21. The molecule has 1 unspecified atom stereocenters. The normalized spacial score (nSPS) is 18.4. The van der Waals surface area contributed by atoms with Crippen LogP contribution in [-0.2, 0) is 6.54 Å². The van der Waals surface area contributed by atoms with Crippen LogP contribution in [0.15, 0.2) is 42.7 Å². The second-order valence-electron chi connectivity index (χ2n) is 4.94. The summed E-state index contributed by atoms with van der Waals surface area (Å²) in [4.78, 5) is 2.46. The highest BCUT2D eigenvalue weighted by atomic mass is 15.3. The Hall–Kier alpha value is -1.81. The van der Waals surface area contributed by atoms with E-state index in [1.165, 1.54) is 11.3 Å². The average Bonchev–Trinajstić information content (AvgIpc) is 2.98. The Balaban J connectivity index is 1.76. The van der Waals surface area contributed by atoms with Gasteiger partial charge in [-0.3, -0.25) is 4.68 Å². The molecule has 100 valence electrons. The van der Waals surface area contributed by atoms with Gasteiger partial charge in [-0.05, 0) is 31.2 Å². The molecular weight excluding hydrogens is 236 g/mol. The predicted molar refractivity (Wildman–Crippen MR) is 77.3 cm³/mol. The zero-order valence-electron chi connectivity index (χ0n) is 11.3. The molecule has 0 fully saturated rings. The molecule has 19 heavy (non-hydrogen) atoms. The molecule has 3 rings (SSSR count). The van der Waals surface area contributed by atoms with Crippen LogP contribution < -0.4 is 10.2 Å². The van der Waals surface area contributed by atoms with E-state index in [1.54, 1.807) is 0 Å². The summed E-state index contributed by atoms with van der Waals surface area (Å²) in [7, 11) is 2.04. The third-order valence-electron chi connectivity index (χ3n) is 3.85. The van der Waals surface area contributed by atoms with Crippen LogP contribution >= 0.6 is 0 Å². The molecule has 1 aliphatic rings. The van der Waals surface area contributed by atoms with Gasteiger partial charge in [0.25, 0.3) is 0 Å². The predicted octanol–water partition coefficient (Wildman–Crippen LogP) is 2.05. The van der Waals surface area contributed by atoms with Crippen LogP contribution in [0.4, 0.5) is 5.69 Å². The number of para-hydroxylation sites is 1. The van der Waals surface area contributed by atoms with Crippen molar-refractivity contribution in [2.24, 2.45) is 0 Å². The van der Waals surface area contributed by atoms with E-state index in [9.17, 15) is 0 Å². The highest BCUT2D eigenvalue weighted by Crippen LogP contribution is 2.33. The second-order valence-corrected chi connectivity index (χ2v) is 4.94. The highest BCUT2D eigenvalue weighted by Gasteiger charge is 2.23. The van der Waals surface area contributed by atoms with E-state index in [0.29, 0.717) is 6.04 Å². The summed E-state index contributed by atoms with van der Waals surface area (Å²) in [6.07, 6.45) is 5.01. The minimum atomic E-state index is 0.483. The molecule has 4 nitrogen and oxygen atoms in total. The van der Waals surface area contributed by atoms with Crippen LogP contribution in [-0.4, -0.2) is 29.9 Å². The Morgan fingerprint density at radius 2 is 2.16 bits per heavy atom. The minimum Gasteiger partial charge on any atom is -0.369 e. The molecular formula is C15H20N4. The van der Waals surface area contributed by atoms with Crippen molar-refractivity contribution >= 4 is 5.69 Å². The van der Waals surface area contributed by atoms with Crippen molar-refractivity contribution in [2.75, 3.05) is 25.0 Å². The highest BCUT2D eigenvalue weighted by molar-refractivity contribution is 5.56. The molecule has 4 heteroatoms. The fourth-order valence-electron chi connectivity index (χ4n) is 2.82. The average molecular weight is 256 g/mol. The Bertz CT molecular complexity index is 521. The minimum absolute atomic E-state index is 0.483. The smallest absolute Gasteiger partial charge is 0.0584 e. The van der Waals surface area contributed by atoms with E-state index >= 15 is 0 Å². The summed E-state index contributed by atoms with van der Waals surface area (Å²) < 4.78 is 1.99. The lowest BCUT2D eigenvalue weighted by Crippen LogP contribution is -2.36. The maximum Gasteiger partial charge on any atom is 0.0584 e. The topological polar surface area (TPSA) is 33.1 Å². The molecule has 1 aromatic carbocycles. The fourth-order valence-corrected chi connectivity index (χ4v) is 2.82. The van der Waals surface area contributed by atoms with Crippen LogP contribution in [0.1, 0.15) is 18.0 Å². The first-order chi connectivity index (χ1) is 9.38. The Morgan fingerprint density at radius 1 is 1.26 bits per heavy atom. The summed E-state index contributed by atoms with van der Waals surface area (Å²) in [6, 6.07) is 11.2. The summed E-state index contributed by atoms with van der Waals surface area (Å²) >= 11 is 0. The van der Waals surface area contributed by atoms with Crippen LogP contribution in [0.25, 0.3) is 0 Å². The standard InChI is InChI=1S/C15H20N4/c1-16-14-7-10-18(11-12-19-9-4-8-17-19)15-6-3-2-5-13(14)15/h2-6,8-9,14,16H,7,10-12H2,1H3. The first kappa shape index (κ1) is 12.2. The maximum atomic E-state index is 4.27. The Kier molecular flexibility index (Phi) is 3.51. The maximum absolute atomic E-state index is 4.27. The summed E-state index contributed by atoms with van der Waals surface area (Å²) in [6.45, 7) is 3.05. The van der Waals surface area contributed by atoms with Crippen molar-refractivity contribution in [3.63, 3.8) is 0 Å². The third kappa shape index (κ3) is 2.49. The van der Waals surface area contributed by atoms with E-state index < -0.39 is 0 Å². The van der Waals surface area contributed by atoms with Crippen molar-refractivity contribution in [3.05, 3.63) is 48.3 Å². The number of nitrogens with zero attached hydrogens (tertiary/aromatic N) is 3. The first-order valence-electron chi connectivity index (χ1n) is 6.87. The van der Waals surface area contributed by atoms with Gasteiger partial charge in [-0.2, -0.15) is 5.10 Å². The van der Waals surface area contributed by atoms with Crippen molar-refractivity contribution in [1.82, 2.24) is 15.1 Å².